The molecular weight excluding hydrogens is 421 g/mol. The zero-order valence-electron chi connectivity index (χ0n) is 15.6. The Morgan fingerprint density at radius 1 is 1.15 bits per heavy atom. The van der Waals surface area contributed by atoms with E-state index in [-0.39, 0.29) is 18.3 Å². The van der Waals surface area contributed by atoms with Gasteiger partial charge in [0.25, 0.3) is 0 Å². The molecule has 3 aromatic rings. The summed E-state index contributed by atoms with van der Waals surface area (Å²) in [6.45, 7) is 3.66. The Morgan fingerprint density at radius 2 is 1.93 bits per heavy atom. The van der Waals surface area contributed by atoms with Gasteiger partial charge in [-0.25, -0.2) is 4.98 Å². The van der Waals surface area contributed by atoms with Gasteiger partial charge in [0, 0.05) is 11.4 Å². The third kappa shape index (κ3) is 5.90. The van der Waals surface area contributed by atoms with Crippen molar-refractivity contribution in [2.75, 3.05) is 32.1 Å². The maximum Gasteiger partial charge on any atom is 0.234 e. The second kappa shape index (κ2) is 9.85. The number of halogens is 2. The lowest BCUT2D eigenvalue weighted by molar-refractivity contribution is -0.118. The average Bonchev–Trinajstić information content (AvgIpc) is 3.16. The van der Waals surface area contributed by atoms with Crippen molar-refractivity contribution in [1.82, 2.24) is 9.88 Å². The van der Waals surface area contributed by atoms with Gasteiger partial charge in [-0.1, -0.05) is 29.0 Å². The highest BCUT2D eigenvalue weighted by Gasteiger charge is 2.20. The van der Waals surface area contributed by atoms with Gasteiger partial charge in [0.2, 0.25) is 5.91 Å². The number of rotatable bonds is 7. The Balaban J connectivity index is 0.00000261. The zero-order chi connectivity index (χ0) is 18.7. The van der Waals surface area contributed by atoms with Gasteiger partial charge >= 0.3 is 0 Å². The lowest BCUT2D eigenvalue weighted by Gasteiger charge is -2.20. The van der Waals surface area contributed by atoms with Gasteiger partial charge in [-0.15, -0.1) is 23.7 Å². The number of anilines is 1. The maximum atomic E-state index is 13.0. The summed E-state index contributed by atoms with van der Waals surface area (Å²) in [6, 6.07) is 9.96. The topological polar surface area (TPSA) is 36.4 Å². The molecule has 0 saturated heterocycles. The van der Waals surface area contributed by atoms with Gasteiger partial charge in [-0.2, -0.15) is 0 Å². The van der Waals surface area contributed by atoms with Gasteiger partial charge < -0.3 is 4.90 Å². The lowest BCUT2D eigenvalue weighted by atomic mass is 10.2. The van der Waals surface area contributed by atoms with E-state index in [0.717, 1.165) is 33.2 Å². The van der Waals surface area contributed by atoms with Crippen molar-refractivity contribution < 1.29 is 4.79 Å². The summed E-state index contributed by atoms with van der Waals surface area (Å²) in [5, 5.41) is 0.775. The lowest BCUT2D eigenvalue weighted by Crippen LogP contribution is -2.34. The Morgan fingerprint density at radius 3 is 2.59 bits per heavy atom. The van der Waals surface area contributed by atoms with Gasteiger partial charge in [0.05, 0.1) is 21.0 Å². The Labute approximate surface area is 179 Å². The van der Waals surface area contributed by atoms with Crippen LogP contribution >= 0.6 is 46.7 Å². The van der Waals surface area contributed by atoms with Gasteiger partial charge in [-0.3, -0.25) is 9.69 Å². The first-order valence-electron chi connectivity index (χ1n) is 8.49. The Hall–Kier alpha value is -1.18. The van der Waals surface area contributed by atoms with Crippen molar-refractivity contribution in [3.05, 3.63) is 45.1 Å². The van der Waals surface area contributed by atoms with Crippen LogP contribution in [0.3, 0.4) is 0 Å². The molecule has 0 aliphatic heterocycles. The minimum Gasteiger partial charge on any atom is -0.309 e. The predicted octanol–water partition coefficient (Wildman–Crippen LogP) is 5.27. The van der Waals surface area contributed by atoms with Crippen LogP contribution in [0, 0.1) is 6.92 Å². The summed E-state index contributed by atoms with van der Waals surface area (Å²) in [5.41, 5.74) is 2.14. The monoisotopic (exact) mass is 443 g/mol. The highest BCUT2D eigenvalue weighted by atomic mass is 35.5. The summed E-state index contributed by atoms with van der Waals surface area (Å²) in [4.78, 5) is 22.6. The number of thiazole rings is 1. The highest BCUT2D eigenvalue weighted by Crippen LogP contribution is 2.30. The fourth-order valence-electron chi connectivity index (χ4n) is 2.70. The molecule has 1 aromatic carbocycles. The van der Waals surface area contributed by atoms with Crippen molar-refractivity contribution in [2.45, 2.75) is 19.8 Å². The van der Waals surface area contributed by atoms with Crippen molar-refractivity contribution >= 4 is 67.9 Å². The van der Waals surface area contributed by atoms with Crippen molar-refractivity contribution in [1.29, 1.82) is 0 Å². The fraction of sp³-hybridized carbons (Fsp3) is 0.368. The molecule has 0 aliphatic carbocycles. The summed E-state index contributed by atoms with van der Waals surface area (Å²) in [5.74, 6) is 0.0676. The zero-order valence-corrected chi connectivity index (χ0v) is 18.8. The maximum absolute atomic E-state index is 13.0. The molecule has 4 nitrogen and oxygen atoms in total. The molecule has 0 atom stereocenters. The van der Waals surface area contributed by atoms with E-state index >= 15 is 0 Å². The number of benzene rings is 1. The van der Waals surface area contributed by atoms with Gasteiger partial charge in [0.15, 0.2) is 5.13 Å². The molecule has 8 heteroatoms. The van der Waals surface area contributed by atoms with Crippen molar-refractivity contribution in [3.8, 4) is 0 Å². The van der Waals surface area contributed by atoms with Crippen LogP contribution in [0.2, 0.25) is 4.34 Å². The molecule has 1 amide bonds. The number of carbonyl (C=O) groups is 1. The molecule has 146 valence electrons. The van der Waals surface area contributed by atoms with Crippen LogP contribution in [0.25, 0.3) is 10.2 Å². The van der Waals surface area contributed by atoms with E-state index in [1.165, 1.54) is 16.9 Å². The number of amides is 1. The van der Waals surface area contributed by atoms with E-state index in [9.17, 15) is 4.79 Å². The number of fused-ring (bicyclic) bond motifs is 1. The molecule has 0 unspecified atom stereocenters. The number of thiophene rings is 1. The largest absolute Gasteiger partial charge is 0.309 e. The first-order valence-corrected chi connectivity index (χ1v) is 10.5. The van der Waals surface area contributed by atoms with Crippen LogP contribution in [-0.2, 0) is 11.2 Å². The number of aryl methyl sites for hydroxylation is 1. The van der Waals surface area contributed by atoms with E-state index in [1.54, 1.807) is 11.3 Å². The highest BCUT2D eigenvalue weighted by molar-refractivity contribution is 7.22. The van der Waals surface area contributed by atoms with Crippen LogP contribution in [0.5, 0.6) is 0 Å². The molecule has 0 bridgehead atoms. The minimum atomic E-state index is 0. The number of hydrogen-bond donors (Lipinski definition) is 0. The van der Waals surface area contributed by atoms with Crippen LogP contribution in [0.15, 0.2) is 30.3 Å². The van der Waals surface area contributed by atoms with Crippen LogP contribution < -0.4 is 4.90 Å². The summed E-state index contributed by atoms with van der Waals surface area (Å²) >= 11 is 9.04. The van der Waals surface area contributed by atoms with E-state index in [0.29, 0.717) is 17.3 Å². The molecule has 0 fully saturated rings. The average molecular weight is 444 g/mol. The predicted molar refractivity (Wildman–Crippen MR) is 120 cm³/mol. The molecule has 0 radical (unpaired) electrons. The molecular formula is C19H23Cl2N3OS2. The minimum absolute atomic E-state index is 0. The molecule has 0 saturated carbocycles. The van der Waals surface area contributed by atoms with Crippen LogP contribution in [-0.4, -0.2) is 43.0 Å². The van der Waals surface area contributed by atoms with Crippen LogP contribution in [0.4, 0.5) is 5.13 Å². The smallest absolute Gasteiger partial charge is 0.234 e. The molecule has 2 heterocycles. The second-order valence-electron chi connectivity index (χ2n) is 6.55. The summed E-state index contributed by atoms with van der Waals surface area (Å²) < 4.78 is 1.83. The number of aromatic nitrogens is 1. The molecule has 3 rings (SSSR count). The SMILES string of the molecule is Cc1ccc2nc(N(CCCN(C)C)C(=O)Cc3ccc(Cl)s3)sc2c1.Cl. The normalized spacial score (nSPS) is 11.0. The standard InChI is InChI=1S/C19H22ClN3OS2.ClH/c1-13-5-7-15-16(11-13)26-19(21-15)23(10-4-9-22(2)3)18(24)12-14-6-8-17(20)25-14;/h5-8,11H,4,9-10,12H2,1-3H3;1H. The van der Waals surface area contributed by atoms with Crippen molar-refractivity contribution in [3.63, 3.8) is 0 Å². The number of hydrogen-bond acceptors (Lipinski definition) is 5. The molecule has 27 heavy (non-hydrogen) atoms. The molecule has 0 aliphatic rings. The first-order chi connectivity index (χ1) is 12.4. The fourth-order valence-corrected chi connectivity index (χ4v) is 4.88. The number of carbonyl (C=O) groups excluding carboxylic acids is 1. The number of nitrogens with zero attached hydrogens (tertiary/aromatic N) is 3. The quantitative estimate of drug-likeness (QED) is 0.498. The van der Waals surface area contributed by atoms with E-state index in [4.69, 9.17) is 16.6 Å². The second-order valence-corrected chi connectivity index (χ2v) is 9.36. The van der Waals surface area contributed by atoms with E-state index in [1.807, 2.05) is 37.2 Å². The first kappa shape index (κ1) is 22.1. The van der Waals surface area contributed by atoms with E-state index in [2.05, 4.69) is 24.0 Å². The molecule has 2 aromatic heterocycles. The Kier molecular flexibility index (Phi) is 8.06. The van der Waals surface area contributed by atoms with Gasteiger partial charge in [-0.05, 0) is 63.8 Å². The Bertz CT molecular complexity index is 907. The molecule has 0 spiro atoms. The third-order valence-electron chi connectivity index (χ3n) is 4.01. The van der Waals surface area contributed by atoms with Crippen LogP contribution in [0.1, 0.15) is 16.9 Å². The van der Waals surface area contributed by atoms with E-state index < -0.39 is 0 Å². The summed E-state index contributed by atoms with van der Waals surface area (Å²) in [7, 11) is 4.08. The summed E-state index contributed by atoms with van der Waals surface area (Å²) in [6.07, 6.45) is 1.26. The van der Waals surface area contributed by atoms with Crippen molar-refractivity contribution in [2.24, 2.45) is 0 Å². The van der Waals surface area contributed by atoms with Gasteiger partial charge in [0.1, 0.15) is 0 Å². The third-order valence-corrected chi connectivity index (χ3v) is 6.28. The molecule has 0 N–H and O–H groups in total.